The van der Waals surface area contributed by atoms with Crippen molar-refractivity contribution in [1.82, 2.24) is 5.43 Å². The van der Waals surface area contributed by atoms with Crippen LogP contribution in [0.4, 0.5) is 18.9 Å². The molecular formula is C17H13BrF3N3O2. The summed E-state index contributed by atoms with van der Waals surface area (Å²) in [5, 5.41) is 5.70. The number of amides is 2. The van der Waals surface area contributed by atoms with Gasteiger partial charge in [-0.25, -0.2) is 5.43 Å². The van der Waals surface area contributed by atoms with Gasteiger partial charge in [-0.15, -0.1) is 0 Å². The van der Waals surface area contributed by atoms with Crippen LogP contribution in [0.25, 0.3) is 0 Å². The number of anilines is 1. The van der Waals surface area contributed by atoms with Gasteiger partial charge in [-0.2, -0.15) is 18.3 Å². The molecule has 2 amide bonds. The molecule has 2 aromatic carbocycles. The van der Waals surface area contributed by atoms with E-state index in [2.05, 4.69) is 26.5 Å². The first-order valence-electron chi connectivity index (χ1n) is 7.25. The van der Waals surface area contributed by atoms with Crippen LogP contribution in [0.1, 0.15) is 22.8 Å². The lowest BCUT2D eigenvalue weighted by molar-refractivity contribution is -0.167. The lowest BCUT2D eigenvalue weighted by Gasteiger charge is -2.09. The smallest absolute Gasteiger partial charge is 0.318 e. The van der Waals surface area contributed by atoms with E-state index in [-0.39, 0.29) is 5.69 Å². The minimum absolute atomic E-state index is 0.0299. The summed E-state index contributed by atoms with van der Waals surface area (Å²) in [5.41, 5.74) is 3.53. The van der Waals surface area contributed by atoms with Gasteiger partial charge >= 0.3 is 12.1 Å². The summed E-state index contributed by atoms with van der Waals surface area (Å²) in [6.45, 7) is 1.58. The number of benzene rings is 2. The van der Waals surface area contributed by atoms with Crippen molar-refractivity contribution in [2.45, 2.75) is 13.1 Å². The minimum Gasteiger partial charge on any atom is -0.318 e. The quantitative estimate of drug-likeness (QED) is 0.569. The molecule has 2 aromatic rings. The van der Waals surface area contributed by atoms with Crippen LogP contribution in [0.15, 0.2) is 58.1 Å². The van der Waals surface area contributed by atoms with Crippen LogP contribution in [0.3, 0.4) is 0 Å². The van der Waals surface area contributed by atoms with Crippen LogP contribution in [-0.2, 0) is 4.79 Å². The van der Waals surface area contributed by atoms with Crippen molar-refractivity contribution in [2.75, 3.05) is 5.32 Å². The molecule has 0 unspecified atom stereocenters. The van der Waals surface area contributed by atoms with E-state index in [0.29, 0.717) is 16.8 Å². The Labute approximate surface area is 155 Å². The number of nitrogens with one attached hydrogen (secondary N) is 2. The molecule has 2 rings (SSSR count). The molecular weight excluding hydrogens is 415 g/mol. The number of alkyl halides is 3. The molecule has 0 aliphatic heterocycles. The Bertz CT molecular complexity index is 866. The molecule has 0 radical (unpaired) electrons. The Kier molecular flexibility index (Phi) is 6.14. The van der Waals surface area contributed by atoms with Gasteiger partial charge in [0.1, 0.15) is 0 Å². The zero-order chi connectivity index (χ0) is 19.3. The highest BCUT2D eigenvalue weighted by Gasteiger charge is 2.38. The first-order valence-corrected chi connectivity index (χ1v) is 8.05. The molecule has 0 aliphatic rings. The van der Waals surface area contributed by atoms with Gasteiger partial charge in [0.05, 0.1) is 5.71 Å². The van der Waals surface area contributed by atoms with Crippen molar-refractivity contribution in [1.29, 1.82) is 0 Å². The topological polar surface area (TPSA) is 70.6 Å². The Morgan fingerprint density at radius 1 is 1.04 bits per heavy atom. The Morgan fingerprint density at radius 3 is 2.35 bits per heavy atom. The van der Waals surface area contributed by atoms with E-state index in [0.717, 1.165) is 4.47 Å². The zero-order valence-electron chi connectivity index (χ0n) is 13.4. The lowest BCUT2D eigenvalue weighted by Crippen LogP contribution is -2.29. The molecule has 0 saturated heterocycles. The van der Waals surface area contributed by atoms with Gasteiger partial charge in [0.25, 0.3) is 5.91 Å². The maximum atomic E-state index is 12.3. The fourth-order valence-corrected chi connectivity index (χ4v) is 2.32. The molecule has 0 fully saturated rings. The van der Waals surface area contributed by atoms with E-state index < -0.39 is 18.0 Å². The molecule has 0 heterocycles. The number of hydrazone groups is 1. The van der Waals surface area contributed by atoms with Crippen molar-refractivity contribution >= 4 is 39.1 Å². The Morgan fingerprint density at radius 2 is 1.69 bits per heavy atom. The molecule has 5 nitrogen and oxygen atoms in total. The Balaban J connectivity index is 2.10. The number of hydrogen-bond donors (Lipinski definition) is 2. The molecule has 0 bridgehead atoms. The van der Waals surface area contributed by atoms with Crippen molar-refractivity contribution < 1.29 is 22.8 Å². The number of rotatable bonds is 4. The molecule has 0 saturated carbocycles. The summed E-state index contributed by atoms with van der Waals surface area (Å²) < 4.78 is 37.7. The predicted octanol–water partition coefficient (Wildman–Crippen LogP) is 4.10. The van der Waals surface area contributed by atoms with Crippen LogP contribution in [-0.4, -0.2) is 23.7 Å². The summed E-state index contributed by atoms with van der Waals surface area (Å²) in [7, 11) is 0. The van der Waals surface area contributed by atoms with Crippen molar-refractivity contribution in [3.05, 3.63) is 64.1 Å². The van der Waals surface area contributed by atoms with Crippen LogP contribution < -0.4 is 10.7 Å². The summed E-state index contributed by atoms with van der Waals surface area (Å²) in [4.78, 5) is 23.0. The van der Waals surface area contributed by atoms with Crippen molar-refractivity contribution in [3.8, 4) is 0 Å². The summed E-state index contributed by atoms with van der Waals surface area (Å²) >= 11 is 3.26. The third-order valence-corrected chi connectivity index (χ3v) is 3.70. The number of carbonyl (C=O) groups is 2. The third kappa shape index (κ3) is 5.41. The summed E-state index contributed by atoms with van der Waals surface area (Å²) in [6, 6.07) is 12.4. The van der Waals surface area contributed by atoms with E-state index in [1.54, 1.807) is 42.6 Å². The van der Waals surface area contributed by atoms with Gasteiger partial charge in [0.2, 0.25) is 0 Å². The van der Waals surface area contributed by atoms with Crippen LogP contribution in [0, 0.1) is 0 Å². The van der Waals surface area contributed by atoms with Crippen LogP contribution in [0.2, 0.25) is 0 Å². The minimum atomic E-state index is -4.98. The average molecular weight is 428 g/mol. The van der Waals surface area contributed by atoms with Crippen molar-refractivity contribution in [2.24, 2.45) is 5.10 Å². The summed E-state index contributed by atoms with van der Waals surface area (Å²) in [6.07, 6.45) is -4.98. The fraction of sp³-hybridized carbons (Fsp3) is 0.118. The second-order valence-corrected chi connectivity index (χ2v) is 6.10. The standard InChI is InChI=1S/C17H13BrF3N3O2/c1-10(23-24-15(25)12-5-2-6-13(18)8-12)11-4-3-7-14(9-11)22-16(26)17(19,20)21/h2-9H,1H3,(H,22,26)(H,24,25)/b23-10+. The molecule has 9 heteroatoms. The fourth-order valence-electron chi connectivity index (χ4n) is 1.92. The maximum Gasteiger partial charge on any atom is 0.471 e. The second-order valence-electron chi connectivity index (χ2n) is 5.18. The normalized spacial score (nSPS) is 11.8. The zero-order valence-corrected chi connectivity index (χ0v) is 15.0. The van der Waals surface area contributed by atoms with Crippen LogP contribution in [0.5, 0.6) is 0 Å². The van der Waals surface area contributed by atoms with Gasteiger partial charge in [0.15, 0.2) is 0 Å². The van der Waals surface area contributed by atoms with E-state index in [1.165, 1.54) is 18.2 Å². The molecule has 26 heavy (non-hydrogen) atoms. The van der Waals surface area contributed by atoms with E-state index >= 15 is 0 Å². The number of carbonyl (C=O) groups excluding carboxylic acids is 2. The largest absolute Gasteiger partial charge is 0.471 e. The monoisotopic (exact) mass is 427 g/mol. The highest BCUT2D eigenvalue weighted by atomic mass is 79.9. The predicted molar refractivity (Wildman–Crippen MR) is 94.9 cm³/mol. The van der Waals surface area contributed by atoms with E-state index in [9.17, 15) is 22.8 Å². The summed E-state index contributed by atoms with van der Waals surface area (Å²) in [5.74, 6) is -2.50. The molecule has 0 aromatic heterocycles. The number of hydrogen-bond acceptors (Lipinski definition) is 3. The first-order chi connectivity index (χ1) is 12.2. The van der Waals surface area contributed by atoms with Gasteiger partial charge in [-0.3, -0.25) is 9.59 Å². The molecule has 0 atom stereocenters. The average Bonchev–Trinajstić information content (AvgIpc) is 2.58. The lowest BCUT2D eigenvalue weighted by atomic mass is 10.1. The molecule has 0 spiro atoms. The molecule has 2 N–H and O–H groups in total. The van der Waals surface area contributed by atoms with Gasteiger partial charge < -0.3 is 5.32 Å². The van der Waals surface area contributed by atoms with E-state index in [4.69, 9.17) is 0 Å². The highest BCUT2D eigenvalue weighted by molar-refractivity contribution is 9.10. The highest BCUT2D eigenvalue weighted by Crippen LogP contribution is 2.19. The molecule has 136 valence electrons. The van der Waals surface area contributed by atoms with Gasteiger partial charge in [-0.05, 0) is 42.8 Å². The second kappa shape index (κ2) is 8.13. The SMILES string of the molecule is C/C(=N\NC(=O)c1cccc(Br)c1)c1cccc(NC(=O)C(F)(F)F)c1. The number of nitrogens with zero attached hydrogens (tertiary/aromatic N) is 1. The first kappa shape index (κ1) is 19.6. The van der Waals surface area contributed by atoms with Crippen LogP contribution >= 0.6 is 15.9 Å². The number of halogens is 4. The third-order valence-electron chi connectivity index (χ3n) is 3.21. The van der Waals surface area contributed by atoms with Gasteiger partial charge in [-0.1, -0.05) is 34.1 Å². The van der Waals surface area contributed by atoms with Crippen molar-refractivity contribution in [3.63, 3.8) is 0 Å². The molecule has 0 aliphatic carbocycles. The van der Waals surface area contributed by atoms with Gasteiger partial charge in [0, 0.05) is 15.7 Å². The van der Waals surface area contributed by atoms with E-state index in [1.807, 2.05) is 0 Å². The maximum absolute atomic E-state index is 12.3. The Hall–Kier alpha value is -2.68.